The molecule has 50 heavy (non-hydrogen) atoms. The van der Waals surface area contributed by atoms with E-state index in [1.807, 2.05) is 0 Å². The SMILES string of the molecule is COc1nc(N2CCN(C(=O)OC(C)(C)C)C(C)C2)c2cc(OC(F)(F)F)c(-c3ccc(F)c4sc(NC(=O)OC(C)(C)C)nc34)c(F)c2n1. The maximum absolute atomic E-state index is 16.8. The summed E-state index contributed by atoms with van der Waals surface area (Å²) in [5, 5.41) is 2.08. The van der Waals surface area contributed by atoms with Crippen molar-refractivity contribution in [2.24, 2.45) is 0 Å². The number of carbonyl (C=O) groups excluding carboxylic acids is 2. The average Bonchev–Trinajstić information content (AvgIpc) is 3.39. The van der Waals surface area contributed by atoms with Crippen LogP contribution in [0.15, 0.2) is 18.2 Å². The van der Waals surface area contributed by atoms with Crippen molar-refractivity contribution in [1.29, 1.82) is 0 Å². The molecule has 1 unspecified atom stereocenters. The van der Waals surface area contributed by atoms with E-state index in [9.17, 15) is 22.8 Å². The predicted molar refractivity (Wildman–Crippen MR) is 176 cm³/mol. The van der Waals surface area contributed by atoms with Gasteiger partial charge in [0.05, 0.1) is 22.9 Å². The summed E-state index contributed by atoms with van der Waals surface area (Å²) < 4.78 is 93.7. The summed E-state index contributed by atoms with van der Waals surface area (Å²) in [6.45, 7) is 12.3. The summed E-state index contributed by atoms with van der Waals surface area (Å²) in [5.41, 5.74) is -3.27. The van der Waals surface area contributed by atoms with Crippen LogP contribution in [0.4, 0.5) is 42.5 Å². The molecule has 3 heterocycles. The van der Waals surface area contributed by atoms with Gasteiger partial charge in [0, 0.05) is 36.6 Å². The molecule has 2 amide bonds. The first-order valence-corrected chi connectivity index (χ1v) is 16.1. The van der Waals surface area contributed by atoms with Crippen molar-refractivity contribution in [1.82, 2.24) is 19.9 Å². The number of fused-ring (bicyclic) bond motifs is 2. The number of alkyl halides is 3. The quantitative estimate of drug-likeness (QED) is 0.203. The van der Waals surface area contributed by atoms with Gasteiger partial charge in [-0.1, -0.05) is 11.3 Å². The second-order valence-corrected chi connectivity index (χ2v) is 14.4. The van der Waals surface area contributed by atoms with Crippen molar-refractivity contribution in [3.63, 3.8) is 0 Å². The lowest BCUT2D eigenvalue weighted by Crippen LogP contribution is -2.55. The summed E-state index contributed by atoms with van der Waals surface area (Å²) >= 11 is 0.675. The molecule has 1 aliphatic heterocycles. The Morgan fingerprint density at radius 1 is 0.960 bits per heavy atom. The van der Waals surface area contributed by atoms with Gasteiger partial charge in [-0.05, 0) is 66.7 Å². The number of anilines is 2. The van der Waals surface area contributed by atoms with Gasteiger partial charge in [-0.3, -0.25) is 5.32 Å². The number of carbonyl (C=O) groups is 2. The molecule has 2 aromatic carbocycles. The van der Waals surface area contributed by atoms with Gasteiger partial charge in [-0.25, -0.2) is 23.4 Å². The highest BCUT2D eigenvalue weighted by Gasteiger charge is 2.37. The number of rotatable bonds is 5. The summed E-state index contributed by atoms with van der Waals surface area (Å²) in [6, 6.07) is 2.21. The maximum Gasteiger partial charge on any atom is 0.573 e. The molecular formula is C32H35F5N6O6S. The van der Waals surface area contributed by atoms with E-state index in [4.69, 9.17) is 14.2 Å². The van der Waals surface area contributed by atoms with Crippen LogP contribution in [0.3, 0.4) is 0 Å². The van der Waals surface area contributed by atoms with Gasteiger partial charge in [0.15, 0.2) is 10.9 Å². The standard InChI is InChI=1S/C32H35F5N6O6S/c1-15-14-42(11-12-43(15)29(45)49-31(5,6)7)25-17-13-19(47-32(35,36)37)20(21(34)22(17)38-26(40-25)46-8)16-9-10-18(33)24-23(16)39-27(50-24)41-28(44)48-30(2,3)4/h9-10,13,15H,11-12,14H2,1-8H3,(H,39,41,44). The lowest BCUT2D eigenvalue weighted by Gasteiger charge is -2.41. The van der Waals surface area contributed by atoms with Crippen LogP contribution in [0, 0.1) is 11.6 Å². The zero-order valence-electron chi connectivity index (χ0n) is 28.4. The molecule has 270 valence electrons. The molecule has 1 fully saturated rings. The van der Waals surface area contributed by atoms with E-state index in [2.05, 4.69) is 25.0 Å². The van der Waals surface area contributed by atoms with E-state index in [0.717, 1.165) is 18.2 Å². The van der Waals surface area contributed by atoms with Crippen molar-refractivity contribution in [3.05, 3.63) is 29.8 Å². The van der Waals surface area contributed by atoms with Crippen LogP contribution in [-0.2, 0) is 9.47 Å². The normalized spacial score (nSPS) is 15.7. The zero-order valence-corrected chi connectivity index (χ0v) is 29.2. The van der Waals surface area contributed by atoms with Crippen molar-refractivity contribution < 1.29 is 50.5 Å². The minimum absolute atomic E-state index is 0.0294. The Morgan fingerprint density at radius 2 is 1.64 bits per heavy atom. The molecule has 0 saturated carbocycles. The third-order valence-corrected chi connectivity index (χ3v) is 8.17. The molecule has 0 aliphatic carbocycles. The molecule has 1 saturated heterocycles. The largest absolute Gasteiger partial charge is 0.573 e. The van der Waals surface area contributed by atoms with Gasteiger partial charge in [0.2, 0.25) is 0 Å². The van der Waals surface area contributed by atoms with E-state index in [1.165, 1.54) is 12.0 Å². The number of nitrogens with zero attached hydrogens (tertiary/aromatic N) is 5. The Morgan fingerprint density at radius 3 is 2.24 bits per heavy atom. The van der Waals surface area contributed by atoms with Crippen LogP contribution in [0.1, 0.15) is 48.5 Å². The molecule has 18 heteroatoms. The van der Waals surface area contributed by atoms with Gasteiger partial charge in [0.1, 0.15) is 34.1 Å². The van der Waals surface area contributed by atoms with Crippen LogP contribution in [0.5, 0.6) is 11.8 Å². The zero-order chi connectivity index (χ0) is 36.9. The Kier molecular flexibility index (Phi) is 9.64. The molecule has 5 rings (SSSR count). The van der Waals surface area contributed by atoms with Crippen LogP contribution < -0.4 is 19.7 Å². The highest BCUT2D eigenvalue weighted by Crippen LogP contribution is 2.45. The number of methoxy groups -OCH3 is 1. The Bertz CT molecular complexity index is 1960. The summed E-state index contributed by atoms with van der Waals surface area (Å²) in [5.74, 6) is -3.02. The second-order valence-electron chi connectivity index (χ2n) is 13.4. The number of benzene rings is 2. The van der Waals surface area contributed by atoms with Gasteiger partial charge in [0.25, 0.3) is 0 Å². The lowest BCUT2D eigenvalue weighted by atomic mass is 9.99. The Hall–Kier alpha value is -4.74. The molecule has 12 nitrogen and oxygen atoms in total. The number of halogens is 5. The van der Waals surface area contributed by atoms with Crippen LogP contribution in [-0.4, -0.2) is 82.4 Å². The van der Waals surface area contributed by atoms with Crippen LogP contribution in [0.25, 0.3) is 32.2 Å². The number of hydrogen-bond acceptors (Lipinski definition) is 11. The van der Waals surface area contributed by atoms with E-state index >= 15 is 8.78 Å². The third-order valence-electron chi connectivity index (χ3n) is 7.19. The molecule has 4 aromatic rings. The second kappa shape index (κ2) is 13.2. The number of amides is 2. The van der Waals surface area contributed by atoms with Gasteiger partial charge in [-0.15, -0.1) is 13.2 Å². The first-order valence-electron chi connectivity index (χ1n) is 15.3. The number of nitrogens with one attached hydrogen (secondary N) is 1. The highest BCUT2D eigenvalue weighted by atomic mass is 32.1. The van der Waals surface area contributed by atoms with Gasteiger partial charge >= 0.3 is 24.6 Å². The Labute approximate surface area is 287 Å². The molecular weight excluding hydrogens is 691 g/mol. The van der Waals surface area contributed by atoms with Crippen molar-refractivity contribution in [2.75, 3.05) is 37.0 Å². The molecule has 0 radical (unpaired) electrons. The van der Waals surface area contributed by atoms with E-state index in [0.29, 0.717) is 11.3 Å². The van der Waals surface area contributed by atoms with E-state index < -0.39 is 64.3 Å². The monoisotopic (exact) mass is 726 g/mol. The van der Waals surface area contributed by atoms with Crippen molar-refractivity contribution in [2.45, 2.75) is 72.1 Å². The number of aromatic nitrogens is 3. The first kappa shape index (κ1) is 36.5. The van der Waals surface area contributed by atoms with Gasteiger partial charge in [-0.2, -0.15) is 9.97 Å². The smallest absolute Gasteiger partial charge is 0.467 e. The van der Waals surface area contributed by atoms with Crippen LogP contribution in [0.2, 0.25) is 0 Å². The van der Waals surface area contributed by atoms with E-state index in [1.54, 1.807) is 53.4 Å². The minimum Gasteiger partial charge on any atom is -0.467 e. The maximum atomic E-state index is 16.8. The summed E-state index contributed by atoms with van der Waals surface area (Å²) in [6.07, 6.45) is -6.72. The number of thiazole rings is 1. The fourth-order valence-corrected chi connectivity index (χ4v) is 6.20. The molecule has 1 N–H and O–H groups in total. The summed E-state index contributed by atoms with van der Waals surface area (Å²) in [7, 11) is 1.24. The lowest BCUT2D eigenvalue weighted by molar-refractivity contribution is -0.274. The third kappa shape index (κ3) is 8.00. The molecule has 0 spiro atoms. The van der Waals surface area contributed by atoms with Gasteiger partial charge < -0.3 is 28.7 Å². The van der Waals surface area contributed by atoms with E-state index in [-0.39, 0.29) is 57.8 Å². The number of hydrogen-bond donors (Lipinski definition) is 1. The predicted octanol–water partition coefficient (Wildman–Crippen LogP) is 7.88. The average molecular weight is 727 g/mol. The Balaban J connectivity index is 1.65. The molecule has 0 bridgehead atoms. The first-order chi connectivity index (χ1) is 23.1. The fraction of sp³-hybridized carbons (Fsp3) is 0.469. The van der Waals surface area contributed by atoms with Crippen molar-refractivity contribution in [3.8, 4) is 22.9 Å². The van der Waals surface area contributed by atoms with Crippen LogP contribution >= 0.6 is 11.3 Å². The number of piperazine rings is 1. The highest BCUT2D eigenvalue weighted by molar-refractivity contribution is 7.22. The van der Waals surface area contributed by atoms with Crippen molar-refractivity contribution >= 4 is 55.6 Å². The molecule has 1 atom stereocenters. The molecule has 2 aromatic heterocycles. The topological polar surface area (TPSA) is 128 Å². The summed E-state index contributed by atoms with van der Waals surface area (Å²) in [4.78, 5) is 41.1. The number of ether oxygens (including phenoxy) is 4. The minimum atomic E-state index is -5.28. The molecule has 1 aliphatic rings. The fourth-order valence-electron chi connectivity index (χ4n) is 5.32.